The molecular formula is C24H25N5O. The molecule has 1 saturated carbocycles. The van der Waals surface area contributed by atoms with Gasteiger partial charge in [0.05, 0.1) is 22.4 Å². The lowest BCUT2D eigenvalue weighted by Gasteiger charge is -2.31. The van der Waals surface area contributed by atoms with Gasteiger partial charge in [-0.05, 0) is 75.9 Å². The fourth-order valence-corrected chi connectivity index (χ4v) is 4.43. The SMILES string of the molecule is Cc1nc2ccc(C(=O)NC3CCC(n4cccc5ccnc4-5)CC3)cc2nc1C. The lowest BCUT2D eigenvalue weighted by atomic mass is 9.90. The Morgan fingerprint density at radius 3 is 2.57 bits per heavy atom. The highest BCUT2D eigenvalue weighted by atomic mass is 16.1. The molecule has 0 radical (unpaired) electrons. The van der Waals surface area contributed by atoms with E-state index in [-0.39, 0.29) is 11.9 Å². The van der Waals surface area contributed by atoms with Gasteiger partial charge in [-0.3, -0.25) is 4.79 Å². The van der Waals surface area contributed by atoms with E-state index < -0.39 is 0 Å². The van der Waals surface area contributed by atoms with Gasteiger partial charge < -0.3 is 9.88 Å². The van der Waals surface area contributed by atoms with Gasteiger partial charge in [-0.25, -0.2) is 15.0 Å². The van der Waals surface area contributed by atoms with Crippen LogP contribution in [0, 0.1) is 13.8 Å². The summed E-state index contributed by atoms with van der Waals surface area (Å²) in [6.07, 6.45) is 7.98. The number of pyridine rings is 1. The molecule has 3 heterocycles. The highest BCUT2D eigenvalue weighted by Crippen LogP contribution is 2.32. The summed E-state index contributed by atoms with van der Waals surface area (Å²) >= 11 is 0. The number of hydrogen-bond acceptors (Lipinski definition) is 4. The summed E-state index contributed by atoms with van der Waals surface area (Å²) in [5, 5.41) is 3.22. The van der Waals surface area contributed by atoms with E-state index in [9.17, 15) is 4.79 Å². The molecule has 1 aromatic heterocycles. The Bertz CT molecular complexity index is 1190. The van der Waals surface area contributed by atoms with Crippen LogP contribution in [-0.2, 0) is 0 Å². The maximum atomic E-state index is 12.8. The zero-order valence-corrected chi connectivity index (χ0v) is 17.3. The van der Waals surface area contributed by atoms with Gasteiger partial charge >= 0.3 is 0 Å². The van der Waals surface area contributed by atoms with Crippen molar-refractivity contribution in [2.45, 2.75) is 51.6 Å². The van der Waals surface area contributed by atoms with Crippen LogP contribution in [0.15, 0.2) is 48.8 Å². The van der Waals surface area contributed by atoms with Crippen molar-refractivity contribution >= 4 is 16.9 Å². The van der Waals surface area contributed by atoms with E-state index >= 15 is 0 Å². The molecule has 0 atom stereocenters. The van der Waals surface area contributed by atoms with Gasteiger partial charge in [0.15, 0.2) is 0 Å². The first-order valence-corrected chi connectivity index (χ1v) is 10.6. The van der Waals surface area contributed by atoms with Crippen molar-refractivity contribution in [3.05, 3.63) is 65.7 Å². The molecule has 1 aliphatic carbocycles. The van der Waals surface area contributed by atoms with Crippen LogP contribution in [0.25, 0.3) is 22.4 Å². The van der Waals surface area contributed by atoms with Crippen LogP contribution in [0.3, 0.4) is 0 Å². The number of nitrogens with zero attached hydrogens (tertiary/aromatic N) is 4. The molecule has 0 unspecified atom stereocenters. The number of fused-ring (bicyclic) bond motifs is 2. The maximum absolute atomic E-state index is 12.8. The van der Waals surface area contributed by atoms with Gasteiger partial charge in [0.1, 0.15) is 5.82 Å². The Kier molecular flexibility index (Phi) is 4.69. The summed E-state index contributed by atoms with van der Waals surface area (Å²) in [6, 6.07) is 12.4. The van der Waals surface area contributed by atoms with Crippen LogP contribution < -0.4 is 5.32 Å². The molecule has 1 aromatic carbocycles. The second-order valence-electron chi connectivity index (χ2n) is 8.22. The van der Waals surface area contributed by atoms with E-state index in [4.69, 9.17) is 0 Å². The monoisotopic (exact) mass is 399 g/mol. The van der Waals surface area contributed by atoms with Gasteiger partial charge in [0.2, 0.25) is 0 Å². The molecule has 1 N–H and O–H groups in total. The highest BCUT2D eigenvalue weighted by molar-refractivity contribution is 5.97. The molecule has 5 rings (SSSR count). The van der Waals surface area contributed by atoms with Crippen molar-refractivity contribution < 1.29 is 4.79 Å². The Balaban J connectivity index is 1.25. The van der Waals surface area contributed by atoms with Crippen molar-refractivity contribution in [1.29, 1.82) is 0 Å². The molecule has 1 amide bonds. The first-order chi connectivity index (χ1) is 14.6. The summed E-state index contributed by atoms with van der Waals surface area (Å²) in [5.74, 6) is 1.01. The third-order valence-electron chi connectivity index (χ3n) is 6.24. The average molecular weight is 399 g/mol. The third kappa shape index (κ3) is 3.43. The third-order valence-corrected chi connectivity index (χ3v) is 6.24. The van der Waals surface area contributed by atoms with E-state index in [1.807, 2.05) is 38.2 Å². The number of hydrogen-bond donors (Lipinski definition) is 1. The lowest BCUT2D eigenvalue weighted by molar-refractivity contribution is 0.0922. The smallest absolute Gasteiger partial charge is 0.251 e. The van der Waals surface area contributed by atoms with Crippen molar-refractivity contribution in [3.63, 3.8) is 0 Å². The van der Waals surface area contributed by atoms with Crippen molar-refractivity contribution in [1.82, 2.24) is 24.8 Å². The van der Waals surface area contributed by atoms with Crippen LogP contribution in [-0.4, -0.2) is 31.5 Å². The summed E-state index contributed by atoms with van der Waals surface area (Å²) in [7, 11) is 0. The summed E-state index contributed by atoms with van der Waals surface area (Å²) in [4.78, 5) is 26.5. The average Bonchev–Trinajstić information content (AvgIpc) is 3.24. The topological polar surface area (TPSA) is 72.7 Å². The lowest BCUT2D eigenvalue weighted by Crippen LogP contribution is -2.38. The van der Waals surface area contributed by atoms with E-state index in [0.717, 1.165) is 53.9 Å². The number of carbonyl (C=O) groups is 1. The molecular weight excluding hydrogens is 374 g/mol. The molecule has 0 spiro atoms. The van der Waals surface area contributed by atoms with E-state index in [2.05, 4.69) is 49.2 Å². The van der Waals surface area contributed by atoms with Crippen molar-refractivity contribution in [2.75, 3.05) is 0 Å². The van der Waals surface area contributed by atoms with Gasteiger partial charge in [-0.2, -0.15) is 0 Å². The summed E-state index contributed by atoms with van der Waals surface area (Å²) < 4.78 is 2.29. The number of aromatic nitrogens is 4. The molecule has 2 aliphatic heterocycles. The summed E-state index contributed by atoms with van der Waals surface area (Å²) in [6.45, 7) is 3.89. The van der Waals surface area contributed by atoms with Gasteiger partial charge in [0.25, 0.3) is 5.91 Å². The standard InChI is InChI=1S/C24H25N5O/c1-15-16(2)27-22-14-18(5-10-21(22)26-15)24(30)28-19-6-8-20(9-7-19)29-13-3-4-17-11-12-25-23(17)29/h3-5,10-14,19-20H,6-9H2,1-2H3,(H,28,30). The number of amides is 1. The molecule has 1 fully saturated rings. The predicted molar refractivity (Wildman–Crippen MR) is 117 cm³/mol. The Labute approximate surface area is 175 Å². The number of benzene rings is 1. The van der Waals surface area contributed by atoms with Crippen LogP contribution in [0.5, 0.6) is 0 Å². The van der Waals surface area contributed by atoms with Gasteiger partial charge in [0, 0.05) is 35.6 Å². The van der Waals surface area contributed by atoms with Crippen molar-refractivity contribution in [3.8, 4) is 11.4 Å². The van der Waals surface area contributed by atoms with Crippen LogP contribution >= 0.6 is 0 Å². The first-order valence-electron chi connectivity index (χ1n) is 10.6. The van der Waals surface area contributed by atoms with Crippen LogP contribution in [0.4, 0.5) is 0 Å². The molecule has 0 bridgehead atoms. The molecule has 3 aliphatic rings. The number of rotatable bonds is 3. The van der Waals surface area contributed by atoms with Gasteiger partial charge in [-0.1, -0.05) is 0 Å². The first kappa shape index (κ1) is 18.7. The summed E-state index contributed by atoms with van der Waals surface area (Å²) in [5.41, 5.74) is 5.22. The Morgan fingerprint density at radius 2 is 1.77 bits per heavy atom. The zero-order valence-electron chi connectivity index (χ0n) is 17.3. The van der Waals surface area contributed by atoms with Crippen molar-refractivity contribution in [2.24, 2.45) is 0 Å². The Hall–Kier alpha value is -3.28. The predicted octanol–water partition coefficient (Wildman–Crippen LogP) is 4.46. The minimum Gasteiger partial charge on any atom is -0.349 e. The molecule has 6 heteroatoms. The number of aryl methyl sites for hydroxylation is 2. The molecule has 30 heavy (non-hydrogen) atoms. The van der Waals surface area contributed by atoms with Crippen LogP contribution in [0.1, 0.15) is 53.5 Å². The fourth-order valence-electron chi connectivity index (χ4n) is 4.43. The largest absolute Gasteiger partial charge is 0.349 e. The normalized spacial score (nSPS) is 19.3. The van der Waals surface area contributed by atoms with E-state index in [0.29, 0.717) is 11.6 Å². The highest BCUT2D eigenvalue weighted by Gasteiger charge is 2.25. The number of nitrogens with one attached hydrogen (secondary N) is 1. The molecule has 6 nitrogen and oxygen atoms in total. The van der Waals surface area contributed by atoms with E-state index in [1.54, 1.807) is 0 Å². The minimum absolute atomic E-state index is 0.0344. The fraction of sp³-hybridized carbons (Fsp3) is 0.333. The minimum atomic E-state index is -0.0344. The zero-order chi connectivity index (χ0) is 20.7. The second-order valence-corrected chi connectivity index (χ2v) is 8.22. The van der Waals surface area contributed by atoms with E-state index in [1.165, 1.54) is 5.56 Å². The van der Waals surface area contributed by atoms with Crippen LogP contribution in [0.2, 0.25) is 0 Å². The quantitative estimate of drug-likeness (QED) is 0.552. The molecule has 2 aromatic rings. The molecule has 0 saturated heterocycles. The van der Waals surface area contributed by atoms with Gasteiger partial charge in [-0.15, -0.1) is 0 Å². The molecule has 152 valence electrons. The number of carbonyl (C=O) groups excluding carboxylic acids is 1. The maximum Gasteiger partial charge on any atom is 0.251 e. The Morgan fingerprint density at radius 1 is 1.00 bits per heavy atom. The second kappa shape index (κ2) is 7.52.